The number of unbranched alkanes of at least 4 members (excludes halogenated alkanes) is 1. The highest BCUT2D eigenvalue weighted by atomic mass is 35.5. The zero-order chi connectivity index (χ0) is 15.4. The molecule has 0 saturated carbocycles. The van der Waals surface area contributed by atoms with Crippen molar-refractivity contribution in [2.75, 3.05) is 6.16 Å². The van der Waals surface area contributed by atoms with Crippen LogP contribution in [0.4, 0.5) is 0 Å². The summed E-state index contributed by atoms with van der Waals surface area (Å²) in [6, 6.07) is 14.1. The van der Waals surface area contributed by atoms with Gasteiger partial charge in [0.25, 0.3) is 0 Å². The van der Waals surface area contributed by atoms with Crippen LogP contribution in [-0.2, 0) is 0 Å². The van der Waals surface area contributed by atoms with Gasteiger partial charge in [-0.1, -0.05) is 72.0 Å². The summed E-state index contributed by atoms with van der Waals surface area (Å²) < 4.78 is 0. The molecule has 2 aromatic carbocycles. The summed E-state index contributed by atoms with van der Waals surface area (Å²) >= 11 is 0. The molecule has 2 heteroatoms. The highest BCUT2D eigenvalue weighted by molar-refractivity contribution is 7.73. The average molecular weight is 335 g/mol. The minimum absolute atomic E-state index is 0. The lowest BCUT2D eigenvalue weighted by Crippen LogP contribution is -2.16. The van der Waals surface area contributed by atoms with Crippen LogP contribution in [0.3, 0.4) is 0 Å². The summed E-state index contributed by atoms with van der Waals surface area (Å²) in [4.78, 5) is 0. The summed E-state index contributed by atoms with van der Waals surface area (Å²) in [7, 11) is -0.222. The second-order valence-electron chi connectivity index (χ2n) is 6.20. The fraction of sp³-hybridized carbons (Fsp3) is 0.400. The Hall–Kier alpha value is -0.840. The zero-order valence-corrected chi connectivity index (χ0v) is 16.2. The first-order chi connectivity index (χ1) is 9.99. The molecule has 0 saturated heterocycles. The van der Waals surface area contributed by atoms with E-state index in [4.69, 9.17) is 0 Å². The van der Waals surface area contributed by atoms with Gasteiger partial charge >= 0.3 is 0 Å². The molecule has 22 heavy (non-hydrogen) atoms. The van der Waals surface area contributed by atoms with E-state index in [1.54, 1.807) is 10.6 Å². The van der Waals surface area contributed by atoms with E-state index in [1.165, 1.54) is 41.3 Å². The lowest BCUT2D eigenvalue weighted by Gasteiger charge is -2.21. The van der Waals surface area contributed by atoms with Gasteiger partial charge in [0.15, 0.2) is 0 Å². The van der Waals surface area contributed by atoms with E-state index < -0.39 is 0 Å². The van der Waals surface area contributed by atoms with Crippen LogP contribution >= 0.6 is 20.3 Å². The normalized spacial score (nSPS) is 10.6. The molecule has 2 rings (SSSR count). The molecule has 0 atom stereocenters. The highest BCUT2D eigenvalue weighted by Crippen LogP contribution is 2.36. The Morgan fingerprint density at radius 3 is 1.36 bits per heavy atom. The van der Waals surface area contributed by atoms with Crippen LogP contribution in [0.25, 0.3) is 0 Å². The third-order valence-corrected chi connectivity index (χ3v) is 6.30. The Labute approximate surface area is 143 Å². The van der Waals surface area contributed by atoms with Crippen LogP contribution in [0, 0.1) is 27.7 Å². The van der Waals surface area contributed by atoms with Crippen LogP contribution < -0.4 is 10.6 Å². The van der Waals surface area contributed by atoms with Crippen molar-refractivity contribution in [2.45, 2.75) is 47.5 Å². The summed E-state index contributed by atoms with van der Waals surface area (Å²) in [6.45, 7) is 11.1. The summed E-state index contributed by atoms with van der Waals surface area (Å²) in [5.74, 6) is 0. The van der Waals surface area contributed by atoms with E-state index in [2.05, 4.69) is 71.0 Å². The van der Waals surface area contributed by atoms with Crippen LogP contribution in [0.1, 0.15) is 42.0 Å². The number of hydrogen-bond acceptors (Lipinski definition) is 0. The molecule has 0 amide bonds. The third kappa shape index (κ3) is 5.11. The second-order valence-corrected chi connectivity index (χ2v) is 8.53. The molecule has 0 N–H and O–H groups in total. The zero-order valence-electron chi connectivity index (χ0n) is 14.4. The van der Waals surface area contributed by atoms with Crippen molar-refractivity contribution in [1.82, 2.24) is 0 Å². The molecule has 0 radical (unpaired) electrons. The van der Waals surface area contributed by atoms with Crippen molar-refractivity contribution >= 4 is 30.9 Å². The first-order valence-electron chi connectivity index (χ1n) is 7.93. The lowest BCUT2D eigenvalue weighted by molar-refractivity contribution is 0.893. The smallest absolute Gasteiger partial charge is 0.0190 e. The number of hydrogen-bond donors (Lipinski definition) is 0. The molecule has 0 heterocycles. The third-order valence-electron chi connectivity index (χ3n) is 3.77. The fourth-order valence-corrected chi connectivity index (χ4v) is 5.82. The van der Waals surface area contributed by atoms with Gasteiger partial charge in [-0.05, 0) is 58.8 Å². The van der Waals surface area contributed by atoms with Crippen LogP contribution in [0.15, 0.2) is 36.4 Å². The van der Waals surface area contributed by atoms with E-state index in [0.717, 1.165) is 0 Å². The van der Waals surface area contributed by atoms with E-state index in [0.29, 0.717) is 0 Å². The molecule has 0 nitrogen and oxygen atoms in total. The number of benzene rings is 2. The summed E-state index contributed by atoms with van der Waals surface area (Å²) in [5.41, 5.74) is 5.55. The second kappa shape index (κ2) is 8.70. The number of halogens is 1. The Bertz CT molecular complexity index is 527. The van der Waals surface area contributed by atoms with Crippen molar-refractivity contribution in [1.29, 1.82) is 0 Å². The predicted octanol–water partition coefficient (Wildman–Crippen LogP) is 5.57. The maximum absolute atomic E-state index is 2.39. The molecular weight excluding hydrogens is 307 g/mol. The molecule has 0 aliphatic heterocycles. The number of rotatable bonds is 5. The van der Waals surface area contributed by atoms with E-state index in [9.17, 15) is 0 Å². The molecule has 0 spiro atoms. The first kappa shape index (κ1) is 19.2. The van der Waals surface area contributed by atoms with Gasteiger partial charge < -0.3 is 0 Å². The SMILES string of the molecule is CCCCP(c1cc(C)cc(C)c1)c1cc(C)cc(C)c1.Cl. The van der Waals surface area contributed by atoms with Crippen molar-refractivity contribution in [3.05, 3.63) is 58.7 Å². The minimum atomic E-state index is -0.222. The van der Waals surface area contributed by atoms with Crippen LogP contribution in [0.5, 0.6) is 0 Å². The molecule has 0 aliphatic rings. The van der Waals surface area contributed by atoms with E-state index in [1.807, 2.05) is 0 Å². The van der Waals surface area contributed by atoms with Gasteiger partial charge in [0.1, 0.15) is 0 Å². The fourth-order valence-electron chi connectivity index (χ4n) is 2.94. The topological polar surface area (TPSA) is 0 Å². The standard InChI is InChI=1S/C20H27P.ClH/c1-6-7-8-21(19-11-15(2)9-16(3)12-19)20-13-17(4)10-18(5)14-20;/h9-14H,6-8H2,1-5H3;1H. The first-order valence-corrected chi connectivity index (χ1v) is 9.46. The summed E-state index contributed by atoms with van der Waals surface area (Å²) in [5, 5.41) is 3.09. The highest BCUT2D eigenvalue weighted by Gasteiger charge is 2.14. The Morgan fingerprint density at radius 2 is 1.05 bits per heavy atom. The van der Waals surface area contributed by atoms with Gasteiger partial charge in [0.05, 0.1) is 0 Å². The quantitative estimate of drug-likeness (QED) is 0.626. The predicted molar refractivity (Wildman–Crippen MR) is 105 cm³/mol. The van der Waals surface area contributed by atoms with Gasteiger partial charge in [-0.25, -0.2) is 0 Å². The Kier molecular flexibility index (Phi) is 7.60. The van der Waals surface area contributed by atoms with Crippen LogP contribution in [-0.4, -0.2) is 6.16 Å². The Morgan fingerprint density at radius 1 is 0.682 bits per heavy atom. The number of aryl methyl sites for hydroxylation is 4. The average Bonchev–Trinajstić information content (AvgIpc) is 2.37. The molecule has 0 aliphatic carbocycles. The van der Waals surface area contributed by atoms with Gasteiger partial charge in [0, 0.05) is 0 Å². The molecule has 0 bridgehead atoms. The minimum Gasteiger partial charge on any atom is -0.147 e. The van der Waals surface area contributed by atoms with Crippen molar-refractivity contribution < 1.29 is 0 Å². The van der Waals surface area contributed by atoms with E-state index in [-0.39, 0.29) is 20.3 Å². The molecule has 120 valence electrons. The van der Waals surface area contributed by atoms with Crippen molar-refractivity contribution in [3.8, 4) is 0 Å². The monoisotopic (exact) mass is 334 g/mol. The maximum atomic E-state index is 2.39. The van der Waals surface area contributed by atoms with Crippen LogP contribution in [0.2, 0.25) is 0 Å². The Balaban J connectivity index is 0.00000242. The summed E-state index contributed by atoms with van der Waals surface area (Å²) in [6.07, 6.45) is 3.89. The van der Waals surface area contributed by atoms with E-state index >= 15 is 0 Å². The van der Waals surface area contributed by atoms with Crippen molar-refractivity contribution in [2.24, 2.45) is 0 Å². The largest absolute Gasteiger partial charge is 0.147 e. The van der Waals surface area contributed by atoms with Gasteiger partial charge in [0.2, 0.25) is 0 Å². The van der Waals surface area contributed by atoms with Crippen molar-refractivity contribution in [3.63, 3.8) is 0 Å². The maximum Gasteiger partial charge on any atom is -0.0190 e. The molecule has 0 unspecified atom stereocenters. The van der Waals surface area contributed by atoms with Gasteiger partial charge in [-0.2, -0.15) is 0 Å². The lowest BCUT2D eigenvalue weighted by atomic mass is 10.2. The molecule has 2 aromatic rings. The van der Waals surface area contributed by atoms with Gasteiger partial charge in [-0.3, -0.25) is 0 Å². The van der Waals surface area contributed by atoms with Gasteiger partial charge in [-0.15, -0.1) is 12.4 Å². The molecule has 0 fully saturated rings. The molecular formula is C20H28ClP. The molecule has 0 aromatic heterocycles.